The number of imidazole rings is 2. The van der Waals surface area contributed by atoms with Gasteiger partial charge in [-0.05, 0) is 49.2 Å². The molecule has 2 aromatic carbocycles. The monoisotopic (exact) mass is 471 g/mol. The molecule has 3 heterocycles. The number of hydrogen-bond donors (Lipinski definition) is 3. The third kappa shape index (κ3) is 3.28. The van der Waals surface area contributed by atoms with Crippen LogP contribution in [-0.2, 0) is 12.7 Å². The zero-order valence-corrected chi connectivity index (χ0v) is 17.7. The number of hydrogen-bond acceptors (Lipinski definition) is 5. The van der Waals surface area contributed by atoms with Crippen molar-refractivity contribution in [2.75, 3.05) is 0 Å². The third-order valence-corrected chi connectivity index (χ3v) is 6.08. The highest BCUT2D eigenvalue weighted by Crippen LogP contribution is 2.37. The van der Waals surface area contributed by atoms with Gasteiger partial charge in [0, 0.05) is 12.6 Å². The molecule has 0 atom stereocenters. The maximum atomic E-state index is 13.1. The molecule has 1 saturated carbocycles. The highest BCUT2D eigenvalue weighted by molar-refractivity contribution is 7.71. The lowest BCUT2D eigenvalue weighted by Gasteiger charge is -2.10. The average molecular weight is 471 g/mol. The van der Waals surface area contributed by atoms with Crippen LogP contribution in [0.2, 0.25) is 0 Å². The van der Waals surface area contributed by atoms with Crippen molar-refractivity contribution in [3.05, 3.63) is 47.3 Å². The molecule has 33 heavy (non-hydrogen) atoms. The van der Waals surface area contributed by atoms with Gasteiger partial charge in [-0.15, -0.1) is 0 Å². The fourth-order valence-electron chi connectivity index (χ4n) is 4.04. The summed E-state index contributed by atoms with van der Waals surface area (Å²) in [5.74, 6) is -0.507. The average Bonchev–Trinajstić information content (AvgIpc) is 3.15. The number of nitrogens with zero attached hydrogens (tertiary/aromatic N) is 5. The van der Waals surface area contributed by atoms with E-state index in [0.29, 0.717) is 17.1 Å². The van der Waals surface area contributed by atoms with Crippen molar-refractivity contribution in [3.8, 4) is 22.8 Å². The second-order valence-electron chi connectivity index (χ2n) is 8.14. The van der Waals surface area contributed by atoms with Gasteiger partial charge in [-0.1, -0.05) is 6.07 Å². The van der Waals surface area contributed by atoms with Crippen LogP contribution in [-0.4, -0.2) is 39.4 Å². The van der Waals surface area contributed by atoms with Crippen LogP contribution in [0.25, 0.3) is 39.1 Å². The van der Waals surface area contributed by atoms with Crippen LogP contribution in [0.5, 0.6) is 5.75 Å². The van der Waals surface area contributed by atoms with Gasteiger partial charge in [0.25, 0.3) is 0 Å². The number of rotatable bonds is 4. The zero-order valence-electron chi connectivity index (χ0n) is 16.9. The summed E-state index contributed by atoms with van der Waals surface area (Å²) in [5, 5.41) is 17.6. The van der Waals surface area contributed by atoms with Gasteiger partial charge in [0.1, 0.15) is 11.3 Å². The predicted molar refractivity (Wildman–Crippen MR) is 117 cm³/mol. The molecule has 0 bridgehead atoms. The predicted octanol–water partition coefficient (Wildman–Crippen LogP) is 4.96. The molecule has 0 spiro atoms. The van der Waals surface area contributed by atoms with Crippen molar-refractivity contribution in [1.82, 2.24) is 34.3 Å². The molecule has 0 amide bonds. The number of nitrogens with one attached hydrogen (secondary N) is 2. The Morgan fingerprint density at radius 2 is 2.03 bits per heavy atom. The van der Waals surface area contributed by atoms with Gasteiger partial charge in [0.05, 0.1) is 34.1 Å². The van der Waals surface area contributed by atoms with E-state index in [9.17, 15) is 18.3 Å². The smallest absolute Gasteiger partial charge is 0.449 e. The van der Waals surface area contributed by atoms with Gasteiger partial charge in [0.15, 0.2) is 10.6 Å². The van der Waals surface area contributed by atoms with Crippen molar-refractivity contribution in [1.29, 1.82) is 0 Å². The molecule has 0 saturated heterocycles. The van der Waals surface area contributed by atoms with Crippen molar-refractivity contribution >= 4 is 34.3 Å². The Kier molecular flexibility index (Phi) is 4.18. The number of fused-ring (bicyclic) bond motifs is 2. The number of aromatic hydroxyl groups is 1. The van der Waals surface area contributed by atoms with E-state index in [1.165, 1.54) is 25.0 Å². The lowest BCUT2D eigenvalue weighted by molar-refractivity contribution is -0.144. The first-order valence-electron chi connectivity index (χ1n) is 10.2. The molecule has 0 radical (unpaired) electrons. The van der Waals surface area contributed by atoms with Crippen molar-refractivity contribution in [2.45, 2.75) is 25.6 Å². The van der Waals surface area contributed by atoms with Crippen molar-refractivity contribution in [3.63, 3.8) is 0 Å². The fourth-order valence-corrected chi connectivity index (χ4v) is 4.27. The lowest BCUT2D eigenvalue weighted by atomic mass is 10.1. The molecule has 8 nitrogen and oxygen atoms in total. The molecule has 12 heteroatoms. The first-order chi connectivity index (χ1) is 15.8. The van der Waals surface area contributed by atoms with Gasteiger partial charge < -0.3 is 14.7 Å². The Morgan fingerprint density at radius 3 is 2.79 bits per heavy atom. The normalized spacial score (nSPS) is 14.5. The van der Waals surface area contributed by atoms with E-state index in [1.54, 1.807) is 10.9 Å². The van der Waals surface area contributed by atoms with Gasteiger partial charge in [0.2, 0.25) is 5.82 Å². The van der Waals surface area contributed by atoms with E-state index in [2.05, 4.69) is 29.7 Å². The Morgan fingerprint density at radius 1 is 1.21 bits per heavy atom. The summed E-state index contributed by atoms with van der Waals surface area (Å²) in [6, 6.07) is 8.24. The van der Waals surface area contributed by atoms with Crippen LogP contribution in [0.3, 0.4) is 0 Å². The number of aromatic amines is 2. The topological polar surface area (TPSA) is 100 Å². The summed E-state index contributed by atoms with van der Waals surface area (Å²) in [6.45, 7) is 0.891. The summed E-state index contributed by atoms with van der Waals surface area (Å²) in [4.78, 5) is 10.4. The zero-order chi connectivity index (χ0) is 22.9. The molecule has 1 aliphatic rings. The number of halogens is 3. The molecular weight excluding hydrogens is 455 g/mol. The van der Waals surface area contributed by atoms with Crippen molar-refractivity contribution in [2.24, 2.45) is 5.92 Å². The highest BCUT2D eigenvalue weighted by atomic mass is 32.1. The minimum Gasteiger partial charge on any atom is -0.507 e. The van der Waals surface area contributed by atoms with Gasteiger partial charge in [-0.25, -0.2) is 9.97 Å². The van der Waals surface area contributed by atoms with Crippen LogP contribution in [0, 0.1) is 10.7 Å². The van der Waals surface area contributed by atoms with E-state index in [-0.39, 0.29) is 32.9 Å². The quantitative estimate of drug-likeness (QED) is 0.322. The van der Waals surface area contributed by atoms with Crippen LogP contribution in [0.4, 0.5) is 13.2 Å². The summed E-state index contributed by atoms with van der Waals surface area (Å²) in [6.07, 6.45) is -0.421. The summed E-state index contributed by atoms with van der Waals surface area (Å²) in [5.41, 5.74) is 2.60. The fraction of sp³-hybridized carbons (Fsp3) is 0.238. The number of para-hydroxylation sites is 1. The third-order valence-electron chi connectivity index (χ3n) is 5.80. The minimum absolute atomic E-state index is 0.00909. The second-order valence-corrected chi connectivity index (χ2v) is 8.53. The first kappa shape index (κ1) is 20.0. The molecule has 1 fully saturated rings. The number of alkyl halides is 3. The molecule has 3 N–H and O–H groups in total. The molecule has 0 unspecified atom stereocenters. The molecule has 0 aliphatic heterocycles. The van der Waals surface area contributed by atoms with Crippen molar-refractivity contribution < 1.29 is 18.3 Å². The lowest BCUT2D eigenvalue weighted by Crippen LogP contribution is -2.06. The molecular formula is C21H16F3N7OS. The second kappa shape index (κ2) is 6.91. The van der Waals surface area contributed by atoms with Gasteiger partial charge in [-0.2, -0.15) is 18.3 Å². The Labute approximate surface area is 188 Å². The number of benzene rings is 2. The van der Waals surface area contributed by atoms with Gasteiger partial charge >= 0.3 is 6.18 Å². The minimum atomic E-state index is -4.64. The maximum absolute atomic E-state index is 13.1. The van der Waals surface area contributed by atoms with Crippen LogP contribution in [0.15, 0.2) is 36.7 Å². The number of phenols is 1. The van der Waals surface area contributed by atoms with Crippen LogP contribution < -0.4 is 0 Å². The molecule has 3 aromatic heterocycles. The summed E-state index contributed by atoms with van der Waals surface area (Å²) >= 11 is 5.46. The van der Waals surface area contributed by atoms with E-state index in [1.807, 2.05) is 18.2 Å². The number of aromatic nitrogens is 7. The van der Waals surface area contributed by atoms with Crippen LogP contribution >= 0.6 is 12.2 Å². The SMILES string of the molecule is Oc1cc2nc(C(F)(F)F)[nH]c2cc1-c1n[nH]c(=S)n1-c1cccc2c1ncn2CC1CC1. The Bertz CT molecular complexity index is 1590. The van der Waals surface area contributed by atoms with E-state index in [0.717, 1.165) is 12.1 Å². The summed E-state index contributed by atoms with van der Waals surface area (Å²) in [7, 11) is 0. The number of H-pyrrole nitrogens is 2. The largest absolute Gasteiger partial charge is 0.507 e. The standard InChI is InChI=1S/C21H16F3N7OS/c22-21(23,24)19-26-12-6-11(16(32)7-13(12)27-19)18-28-29-20(33)31(18)15-3-1-2-14-17(15)25-9-30(14)8-10-4-5-10/h1-3,6-7,9-10,32H,4-5,8H2,(H,26,27)(H,29,33). The molecule has 5 aromatic rings. The maximum Gasteiger partial charge on any atom is 0.449 e. The Balaban J connectivity index is 1.52. The van der Waals surface area contributed by atoms with Gasteiger partial charge in [-0.3, -0.25) is 9.67 Å². The van der Waals surface area contributed by atoms with E-state index >= 15 is 0 Å². The highest BCUT2D eigenvalue weighted by Gasteiger charge is 2.35. The van der Waals surface area contributed by atoms with E-state index < -0.39 is 12.0 Å². The van der Waals surface area contributed by atoms with Crippen LogP contribution in [0.1, 0.15) is 18.7 Å². The summed E-state index contributed by atoms with van der Waals surface area (Å²) < 4.78 is 43.2. The molecule has 6 rings (SSSR count). The first-order valence-corrected chi connectivity index (χ1v) is 10.6. The Hall–Kier alpha value is -3.67. The number of phenolic OH excluding ortho intramolecular Hbond substituents is 1. The molecule has 168 valence electrons. The molecule has 1 aliphatic carbocycles. The van der Waals surface area contributed by atoms with E-state index in [4.69, 9.17) is 12.2 Å².